The van der Waals surface area contributed by atoms with E-state index in [2.05, 4.69) is 26.7 Å². The van der Waals surface area contributed by atoms with Gasteiger partial charge in [-0.25, -0.2) is 9.59 Å². The van der Waals surface area contributed by atoms with Crippen LogP contribution in [-0.2, 0) is 21.0 Å². The monoisotopic (exact) mass is 672 g/mol. The number of carbonyl (C=O) groups excluding carboxylic acids is 1. The highest BCUT2D eigenvalue weighted by Gasteiger charge is 2.16. The topological polar surface area (TPSA) is 187 Å². The zero-order valence-electron chi connectivity index (χ0n) is 26.3. The lowest BCUT2D eigenvalue weighted by molar-refractivity contribution is -0.134. The van der Waals surface area contributed by atoms with Crippen molar-refractivity contribution in [2.24, 2.45) is 0 Å². The minimum Gasteiger partial charge on any atom is -0.492 e. The van der Waals surface area contributed by atoms with Gasteiger partial charge in [0.05, 0.1) is 39.8 Å². The third-order valence-electron chi connectivity index (χ3n) is 6.06. The van der Waals surface area contributed by atoms with Gasteiger partial charge < -0.3 is 35.2 Å². The van der Waals surface area contributed by atoms with Crippen LogP contribution in [0.2, 0.25) is 5.02 Å². The summed E-state index contributed by atoms with van der Waals surface area (Å²) in [4.78, 5) is 42.4. The van der Waals surface area contributed by atoms with Gasteiger partial charge in [0.1, 0.15) is 24.2 Å². The van der Waals surface area contributed by atoms with Gasteiger partial charge in [0.2, 0.25) is 5.91 Å². The smallest absolute Gasteiger partial charge is 0.328 e. The third kappa shape index (κ3) is 11.4. The van der Waals surface area contributed by atoms with Crippen molar-refractivity contribution in [2.75, 3.05) is 37.9 Å². The molecule has 248 valence electrons. The van der Waals surface area contributed by atoms with Crippen molar-refractivity contribution < 1.29 is 34.1 Å². The summed E-state index contributed by atoms with van der Waals surface area (Å²) in [6.07, 6.45) is 7.56. The highest BCUT2D eigenvalue weighted by atomic mass is 35.5. The first-order valence-corrected chi connectivity index (χ1v) is 14.7. The number of aliphatic carboxylic acids is 2. The number of hydrogen-bond donors (Lipinski definition) is 4. The summed E-state index contributed by atoms with van der Waals surface area (Å²) in [7, 11) is 3.84. The molecule has 0 fully saturated rings. The maximum atomic E-state index is 12.6. The number of nitriles is 1. The number of halogens is 1. The molecule has 0 atom stereocenters. The Bertz CT molecular complexity index is 1840. The van der Waals surface area contributed by atoms with Crippen LogP contribution in [0.25, 0.3) is 10.9 Å². The van der Waals surface area contributed by atoms with Crippen molar-refractivity contribution in [2.45, 2.75) is 13.5 Å². The first-order valence-electron chi connectivity index (χ1n) is 14.4. The van der Waals surface area contributed by atoms with Crippen LogP contribution >= 0.6 is 11.6 Å². The lowest BCUT2D eigenvalue weighted by atomic mass is 10.1. The molecule has 48 heavy (non-hydrogen) atoms. The number of aromatic nitrogens is 2. The lowest BCUT2D eigenvalue weighted by Crippen LogP contribution is -2.13. The number of carboxylic acid groups (broad SMARTS) is 2. The van der Waals surface area contributed by atoms with Gasteiger partial charge in [-0.3, -0.25) is 14.8 Å². The number of nitrogens with zero attached hydrogens (tertiary/aromatic N) is 4. The van der Waals surface area contributed by atoms with Crippen LogP contribution in [-0.4, -0.2) is 70.2 Å². The molecule has 0 aliphatic carbocycles. The maximum Gasteiger partial charge on any atom is 0.328 e. The van der Waals surface area contributed by atoms with Crippen LogP contribution in [0.4, 0.5) is 17.1 Å². The summed E-state index contributed by atoms with van der Waals surface area (Å²) in [6, 6.07) is 16.6. The first-order chi connectivity index (χ1) is 23.0. The Kier molecular flexibility index (Phi) is 13.9. The molecule has 0 radical (unpaired) electrons. The Morgan fingerprint density at radius 3 is 2.35 bits per heavy atom. The molecule has 1 amide bonds. The minimum absolute atomic E-state index is 0.280. The second-order valence-corrected chi connectivity index (χ2v) is 10.4. The van der Waals surface area contributed by atoms with E-state index in [0.29, 0.717) is 75.4 Å². The number of hydrogen-bond acceptors (Lipinski definition) is 10. The Labute approximate surface area is 281 Å². The molecule has 0 saturated carbocycles. The average molecular weight is 673 g/mol. The molecule has 0 bridgehead atoms. The van der Waals surface area contributed by atoms with Gasteiger partial charge in [0, 0.05) is 54.3 Å². The molecule has 2 aromatic carbocycles. The van der Waals surface area contributed by atoms with Crippen LogP contribution in [0.5, 0.6) is 11.5 Å². The van der Waals surface area contributed by atoms with Crippen molar-refractivity contribution >= 4 is 57.4 Å². The second kappa shape index (κ2) is 18.2. The Hall–Kier alpha value is -5.97. The van der Waals surface area contributed by atoms with E-state index in [4.69, 9.17) is 31.3 Å². The molecular formula is C34H33ClN6O7. The van der Waals surface area contributed by atoms with E-state index in [9.17, 15) is 19.6 Å². The average Bonchev–Trinajstić information content (AvgIpc) is 3.04. The summed E-state index contributed by atoms with van der Waals surface area (Å²) in [6.45, 7) is 3.17. The fraction of sp³-hybridized carbons (Fsp3) is 0.176. The molecule has 14 heteroatoms. The van der Waals surface area contributed by atoms with Gasteiger partial charge in [0.25, 0.3) is 0 Å². The number of likely N-dealkylation sites (N-methyl/N-ethyl adjacent to an activating group) is 1. The Morgan fingerprint density at radius 1 is 1.00 bits per heavy atom. The molecule has 2 heterocycles. The first kappa shape index (κ1) is 36.5. The maximum absolute atomic E-state index is 12.6. The zero-order valence-corrected chi connectivity index (χ0v) is 27.1. The molecule has 0 saturated heterocycles. The molecule has 0 unspecified atom stereocenters. The molecule has 0 spiro atoms. The number of nitrogens with one attached hydrogen (secondary N) is 2. The molecular weight excluding hydrogens is 640 g/mol. The molecule has 0 aliphatic heterocycles. The van der Waals surface area contributed by atoms with E-state index < -0.39 is 11.9 Å². The van der Waals surface area contributed by atoms with Gasteiger partial charge >= 0.3 is 11.9 Å². The van der Waals surface area contributed by atoms with E-state index in [1.807, 2.05) is 44.1 Å². The largest absolute Gasteiger partial charge is 0.492 e. The second-order valence-electron chi connectivity index (χ2n) is 10.0. The van der Waals surface area contributed by atoms with Gasteiger partial charge in [0.15, 0.2) is 0 Å². The summed E-state index contributed by atoms with van der Waals surface area (Å²) >= 11 is 6.52. The van der Waals surface area contributed by atoms with Gasteiger partial charge in [-0.05, 0) is 57.4 Å². The molecule has 13 nitrogen and oxygen atoms in total. The number of carboxylic acids is 2. The number of fused-ring (bicyclic) bond motifs is 1. The van der Waals surface area contributed by atoms with E-state index in [1.165, 1.54) is 12.3 Å². The van der Waals surface area contributed by atoms with E-state index in [-0.39, 0.29) is 12.5 Å². The number of anilines is 3. The molecule has 4 N–H and O–H groups in total. The summed E-state index contributed by atoms with van der Waals surface area (Å²) < 4.78 is 11.6. The Morgan fingerprint density at radius 2 is 1.75 bits per heavy atom. The normalized spacial score (nSPS) is 10.8. The third-order valence-corrected chi connectivity index (χ3v) is 6.35. The van der Waals surface area contributed by atoms with Gasteiger partial charge in [-0.2, -0.15) is 5.26 Å². The molecule has 0 aliphatic rings. The standard InChI is InChI=1S/C30H29ClN6O3.C4H4O4/c1-4-39-28-16-25-23(15-26(28)36-29(38)9-7-13-37(2)3)30(20(17-32)18-34-25)35-21-10-11-27(24(31)14-21)40-19-22-8-5-6-12-33-22;5-3(6)1-2-4(7)8/h5-12,14-16,18H,4,13,19H2,1-3H3,(H,34,35)(H,36,38);1-2H,(H,5,6)(H,7,8)/b9-7+;2-1+. The van der Waals surface area contributed by atoms with Crippen LogP contribution in [0.15, 0.2) is 85.2 Å². The quantitative estimate of drug-likeness (QED) is 0.128. The van der Waals surface area contributed by atoms with Crippen molar-refractivity contribution in [1.82, 2.24) is 14.9 Å². The van der Waals surface area contributed by atoms with E-state index in [0.717, 1.165) is 5.69 Å². The fourth-order valence-electron chi connectivity index (χ4n) is 3.97. The number of ether oxygens (including phenoxy) is 2. The number of pyridine rings is 2. The molecule has 2 aromatic heterocycles. The zero-order chi connectivity index (χ0) is 35.1. The van der Waals surface area contributed by atoms with Crippen molar-refractivity contribution in [3.05, 3.63) is 102 Å². The number of benzene rings is 2. The predicted molar refractivity (Wildman–Crippen MR) is 182 cm³/mol. The van der Waals surface area contributed by atoms with Crippen molar-refractivity contribution in [3.63, 3.8) is 0 Å². The fourth-order valence-corrected chi connectivity index (χ4v) is 4.21. The van der Waals surface area contributed by atoms with Crippen LogP contribution in [0, 0.1) is 11.3 Å². The van der Waals surface area contributed by atoms with Crippen molar-refractivity contribution in [3.8, 4) is 17.6 Å². The number of rotatable bonds is 13. The van der Waals surface area contributed by atoms with Crippen molar-refractivity contribution in [1.29, 1.82) is 5.26 Å². The van der Waals surface area contributed by atoms with E-state index in [1.54, 1.807) is 42.6 Å². The lowest BCUT2D eigenvalue weighted by Gasteiger charge is -2.16. The van der Waals surface area contributed by atoms with Gasteiger partial charge in [-0.1, -0.05) is 23.7 Å². The summed E-state index contributed by atoms with van der Waals surface area (Å²) in [5.41, 5.74) is 3.33. The molecule has 4 aromatic rings. The summed E-state index contributed by atoms with van der Waals surface area (Å²) in [5.74, 6) is -1.83. The number of amides is 1. The minimum atomic E-state index is -1.26. The van der Waals surface area contributed by atoms with Crippen LogP contribution in [0.1, 0.15) is 18.2 Å². The highest BCUT2D eigenvalue weighted by molar-refractivity contribution is 6.32. The SMILES string of the molecule is CCOc1cc2ncc(C#N)c(Nc3ccc(OCc4ccccn4)c(Cl)c3)c2cc1NC(=O)/C=C/CN(C)C.O=C(O)/C=C/C(=O)O. The number of carbonyl (C=O) groups is 3. The Balaban J connectivity index is 0.000000694. The van der Waals surface area contributed by atoms with E-state index >= 15 is 0 Å². The van der Waals surface area contributed by atoms with Crippen LogP contribution < -0.4 is 20.1 Å². The highest BCUT2D eigenvalue weighted by Crippen LogP contribution is 2.37. The predicted octanol–water partition coefficient (Wildman–Crippen LogP) is 5.64. The summed E-state index contributed by atoms with van der Waals surface area (Å²) in [5, 5.41) is 32.7. The van der Waals surface area contributed by atoms with Crippen LogP contribution in [0.3, 0.4) is 0 Å². The molecule has 4 rings (SSSR count). The van der Waals surface area contributed by atoms with Gasteiger partial charge in [-0.15, -0.1) is 0 Å².